The van der Waals surface area contributed by atoms with Crippen LogP contribution in [0.15, 0.2) is 117 Å². The fourth-order valence-corrected chi connectivity index (χ4v) is 12.1. The third kappa shape index (κ3) is 9.57. The first-order chi connectivity index (χ1) is 39.9. The highest BCUT2D eigenvalue weighted by Gasteiger charge is 2.48. The predicted molar refractivity (Wildman–Crippen MR) is 276 cm³/mol. The molecule has 0 radical (unpaired) electrons. The number of nitrogens with zero attached hydrogens (tertiary/aromatic N) is 6. The summed E-state index contributed by atoms with van der Waals surface area (Å²) in [6.45, 7) is -0.779. The molecule has 6 aliphatic heterocycles. The summed E-state index contributed by atoms with van der Waals surface area (Å²) in [5.74, 6) is -6.53. The molecule has 80 heavy (non-hydrogen) atoms. The molecule has 0 saturated carbocycles. The second kappa shape index (κ2) is 22.5. The molecular formula is C54H46F4N6O14S2. The van der Waals surface area contributed by atoms with Crippen molar-refractivity contribution in [1.82, 2.24) is 19.2 Å². The molecule has 2 fully saturated rings. The van der Waals surface area contributed by atoms with Crippen molar-refractivity contribution in [3.05, 3.63) is 186 Å². The van der Waals surface area contributed by atoms with Crippen molar-refractivity contribution in [2.24, 2.45) is 0 Å². The molecule has 26 heteroatoms. The van der Waals surface area contributed by atoms with E-state index in [9.17, 15) is 38.9 Å². The molecule has 0 aliphatic carbocycles. The third-order valence-electron chi connectivity index (χ3n) is 13.7. The van der Waals surface area contributed by atoms with E-state index in [1.165, 1.54) is 60.4 Å². The number of benzene rings is 4. The quantitative estimate of drug-likeness (QED) is 0.0877. The number of thioether (sulfide) groups is 2. The smallest absolute Gasteiger partial charge is 0.451 e. The van der Waals surface area contributed by atoms with E-state index < -0.39 is 119 Å². The lowest BCUT2D eigenvalue weighted by Gasteiger charge is -2.51. The summed E-state index contributed by atoms with van der Waals surface area (Å²) in [4.78, 5) is 80.6. The first-order valence-electron chi connectivity index (χ1n) is 25.9. The van der Waals surface area contributed by atoms with Gasteiger partial charge in [-0.05, 0) is 46.5 Å². The first kappa shape index (κ1) is 50.0. The summed E-state index contributed by atoms with van der Waals surface area (Å²) in [5, 5.41) is 3.18. The van der Waals surface area contributed by atoms with Crippen LogP contribution >= 0.6 is 23.5 Å². The molecule has 0 bridgehead atoms. The molecule has 6 aliphatic rings. The lowest BCUT2D eigenvalue weighted by Crippen LogP contribution is -2.66. The highest BCUT2D eigenvalue weighted by atomic mass is 32.2. The summed E-state index contributed by atoms with van der Waals surface area (Å²) in [6.07, 6.45) is -1.11. The van der Waals surface area contributed by atoms with Crippen molar-refractivity contribution in [3.63, 3.8) is 0 Å². The average molecular weight is 1150 g/mol. The number of hydrogen-bond donors (Lipinski definition) is 0. The van der Waals surface area contributed by atoms with Crippen LogP contribution in [0, 0.1) is 23.3 Å². The number of aromatic nitrogens is 2. The van der Waals surface area contributed by atoms with E-state index in [-0.39, 0.29) is 73.3 Å². The van der Waals surface area contributed by atoms with Gasteiger partial charge in [0.2, 0.25) is 35.9 Å². The number of carbonyl (C=O) groups excluding carboxylic acids is 4. The van der Waals surface area contributed by atoms with E-state index in [4.69, 9.17) is 31.2 Å². The molecule has 0 N–H and O–H groups in total. The van der Waals surface area contributed by atoms with E-state index >= 15 is 8.78 Å². The normalized spacial score (nSPS) is 21.6. The van der Waals surface area contributed by atoms with Crippen LogP contribution in [0.3, 0.4) is 0 Å². The zero-order valence-electron chi connectivity index (χ0n) is 45.1. The predicted octanol–water partition coefficient (Wildman–Crippen LogP) is 6.78. The SMILES string of the molecule is [2H]C1([2H])Sc2ccccc2[C@@H](N2[C@@H]3COCCN3C(=O)c3c(OCOC(=O)OC)c(=O)ccn32)c2ccc(F)c(F)c21.[2H][C@]1(N2[C@@H]3COCCN3C(=O)c3c(OCOC(=O)OC)c(=O)ccn32)c2ccccc2SCc2c1ccc(F)c2F. The van der Waals surface area contributed by atoms with E-state index in [1.54, 1.807) is 53.5 Å². The van der Waals surface area contributed by atoms with Crippen molar-refractivity contribution >= 4 is 47.6 Å². The zero-order valence-corrected chi connectivity index (χ0v) is 43.7. The monoisotopic (exact) mass is 1150 g/mol. The maximum absolute atomic E-state index is 15.5. The maximum atomic E-state index is 15.5. The number of rotatable bonds is 8. The lowest BCUT2D eigenvalue weighted by atomic mass is 9.93. The summed E-state index contributed by atoms with van der Waals surface area (Å²) < 4.78 is 131. The molecule has 20 nitrogen and oxygen atoms in total. The van der Waals surface area contributed by atoms with E-state index in [2.05, 4.69) is 9.47 Å². The Balaban J connectivity index is 0.000000174. The molecule has 416 valence electrons. The van der Waals surface area contributed by atoms with Crippen molar-refractivity contribution in [3.8, 4) is 11.5 Å². The van der Waals surface area contributed by atoms with Crippen LogP contribution in [0.25, 0.3) is 0 Å². The minimum atomic E-state index is -2.37. The number of hydrogen-bond acceptors (Lipinski definition) is 18. The Hall–Kier alpha value is -8.20. The molecular weight excluding hydrogens is 1100 g/mol. The van der Waals surface area contributed by atoms with Gasteiger partial charge < -0.3 is 47.7 Å². The summed E-state index contributed by atoms with van der Waals surface area (Å²) in [6, 6.07) is 17.9. The topological polar surface area (TPSA) is 199 Å². The first-order valence-corrected chi connectivity index (χ1v) is 26.2. The highest BCUT2D eigenvalue weighted by molar-refractivity contribution is 7.98. The van der Waals surface area contributed by atoms with Gasteiger partial charge >= 0.3 is 12.3 Å². The highest BCUT2D eigenvalue weighted by Crippen LogP contribution is 2.47. The molecule has 0 unspecified atom stereocenters. The van der Waals surface area contributed by atoms with Crippen LogP contribution in [0.2, 0.25) is 0 Å². The number of amides is 2. The number of carbonyl (C=O) groups is 4. The van der Waals surface area contributed by atoms with E-state index in [1.807, 2.05) is 0 Å². The van der Waals surface area contributed by atoms with Gasteiger partial charge in [0.1, 0.15) is 12.3 Å². The Labute approximate surface area is 464 Å². The standard InChI is InChI=1S/2C27H23F2N3O7S/c2*1-36-27(35)39-14-38-25-19(33)8-9-31-24(25)26(34)30-10-11-37-12-21(30)32(31)23-15-6-7-18(28)22(29)17(15)13-40-20-5-3-2-4-16(20)23/h2*2-9,21,23H,10-14H2,1H3/t21-,23+;21-,23-/m11/s1/i13D2;23D. The molecule has 2 saturated heterocycles. The Bertz CT molecular complexity index is 3760. The van der Waals surface area contributed by atoms with Crippen molar-refractivity contribution in [2.75, 3.05) is 77.3 Å². The Morgan fingerprint density at radius 2 is 1.12 bits per heavy atom. The van der Waals surface area contributed by atoms with Crippen LogP contribution in [0.4, 0.5) is 27.2 Å². The number of fused-ring (bicyclic) bond motifs is 8. The Morgan fingerprint density at radius 1 is 0.625 bits per heavy atom. The maximum Gasteiger partial charge on any atom is 0.510 e. The largest absolute Gasteiger partial charge is 0.510 e. The van der Waals surface area contributed by atoms with Crippen LogP contribution in [0.5, 0.6) is 11.5 Å². The lowest BCUT2D eigenvalue weighted by molar-refractivity contribution is -0.0211. The average Bonchev–Trinajstić information content (AvgIpc) is 2.44. The molecule has 4 aromatic carbocycles. The van der Waals surface area contributed by atoms with Crippen LogP contribution in [0.1, 0.15) is 70.5 Å². The van der Waals surface area contributed by atoms with E-state index in [0.717, 1.165) is 50.2 Å². The van der Waals surface area contributed by atoms with Crippen LogP contribution < -0.4 is 30.3 Å². The fourth-order valence-electron chi connectivity index (χ4n) is 10.2. The van der Waals surface area contributed by atoms with Gasteiger partial charge in [-0.3, -0.25) is 38.5 Å². The zero-order chi connectivity index (χ0) is 58.6. The van der Waals surface area contributed by atoms with Crippen LogP contribution in [-0.2, 0) is 39.9 Å². The Morgan fingerprint density at radius 3 is 1.70 bits per heavy atom. The van der Waals surface area contributed by atoms with E-state index in [0.29, 0.717) is 20.9 Å². The van der Waals surface area contributed by atoms with Crippen molar-refractivity contribution in [2.45, 2.75) is 45.6 Å². The van der Waals surface area contributed by atoms with Gasteiger partial charge in [0.25, 0.3) is 11.8 Å². The second-order valence-corrected chi connectivity index (χ2v) is 19.8. The fraction of sp³-hybridized carbons (Fsp3) is 0.296. The minimum absolute atomic E-state index is 0.00605. The van der Waals surface area contributed by atoms with Gasteiger partial charge in [0.15, 0.2) is 34.7 Å². The molecule has 8 heterocycles. The summed E-state index contributed by atoms with van der Waals surface area (Å²) in [5.41, 5.74) is -3.31. The number of ether oxygens (including phenoxy) is 8. The number of halogens is 4. The van der Waals surface area contributed by atoms with Crippen molar-refractivity contribution < 1.29 is 78.7 Å². The van der Waals surface area contributed by atoms with Gasteiger partial charge in [0, 0.05) is 72.7 Å². The number of morpholine rings is 2. The third-order valence-corrected chi connectivity index (χ3v) is 15.7. The molecule has 4 atom stereocenters. The van der Waals surface area contributed by atoms with Gasteiger partial charge in [-0.25, -0.2) is 27.2 Å². The van der Waals surface area contributed by atoms with Gasteiger partial charge in [-0.15, -0.1) is 23.5 Å². The van der Waals surface area contributed by atoms with Crippen molar-refractivity contribution in [1.29, 1.82) is 0 Å². The molecule has 12 rings (SSSR count). The molecule has 0 spiro atoms. The minimum Gasteiger partial charge on any atom is -0.451 e. The summed E-state index contributed by atoms with van der Waals surface area (Å²) >= 11 is 2.01. The molecule has 2 amide bonds. The second-order valence-electron chi connectivity index (χ2n) is 17.9. The van der Waals surface area contributed by atoms with Crippen LogP contribution in [-0.4, -0.2) is 123 Å². The summed E-state index contributed by atoms with van der Waals surface area (Å²) in [7, 11) is 2.20. The van der Waals surface area contributed by atoms with Gasteiger partial charge in [-0.2, -0.15) is 0 Å². The number of methoxy groups -OCH3 is 2. The molecule has 2 aromatic heterocycles. The molecule has 6 aromatic rings. The van der Waals surface area contributed by atoms with Gasteiger partial charge in [0.05, 0.1) is 54.1 Å². The number of pyridine rings is 2. The Kier molecular flexibility index (Phi) is 14.1. The van der Waals surface area contributed by atoms with Gasteiger partial charge in [-0.1, -0.05) is 48.5 Å².